The first-order valence-corrected chi connectivity index (χ1v) is 8.53. The first-order chi connectivity index (χ1) is 12.5. The zero-order chi connectivity index (χ0) is 18.7. The molecule has 1 amide bonds. The highest BCUT2D eigenvalue weighted by Gasteiger charge is 2.15. The van der Waals surface area contributed by atoms with Crippen molar-refractivity contribution in [2.45, 2.75) is 33.9 Å². The largest absolute Gasteiger partial charge is 0.494 e. The molecule has 0 aliphatic carbocycles. The topological polar surface area (TPSA) is 86.4 Å². The van der Waals surface area contributed by atoms with E-state index in [0.29, 0.717) is 29.9 Å². The third-order valence-corrected chi connectivity index (χ3v) is 4.22. The molecule has 2 aromatic heterocycles. The summed E-state index contributed by atoms with van der Waals surface area (Å²) >= 11 is 0. The van der Waals surface area contributed by atoms with Crippen molar-refractivity contribution in [1.82, 2.24) is 15.1 Å². The van der Waals surface area contributed by atoms with Crippen molar-refractivity contribution >= 4 is 16.9 Å². The maximum atomic E-state index is 12.6. The lowest BCUT2D eigenvalue weighted by molar-refractivity contribution is 0.0952. The van der Waals surface area contributed by atoms with E-state index in [0.717, 1.165) is 17.8 Å². The van der Waals surface area contributed by atoms with Gasteiger partial charge < -0.3 is 14.5 Å². The van der Waals surface area contributed by atoms with Crippen molar-refractivity contribution in [3.63, 3.8) is 0 Å². The summed E-state index contributed by atoms with van der Waals surface area (Å²) in [6, 6.07) is 6.30. The lowest BCUT2D eigenvalue weighted by Gasteiger charge is -2.09. The second-order valence-corrected chi connectivity index (χ2v) is 5.82. The molecule has 3 aromatic rings. The summed E-state index contributed by atoms with van der Waals surface area (Å²) in [4.78, 5) is 24.5. The van der Waals surface area contributed by atoms with E-state index in [1.165, 1.54) is 6.07 Å². The Morgan fingerprint density at radius 1 is 1.31 bits per heavy atom. The first kappa shape index (κ1) is 17.7. The van der Waals surface area contributed by atoms with Crippen molar-refractivity contribution in [3.05, 3.63) is 57.7 Å². The van der Waals surface area contributed by atoms with Gasteiger partial charge in [-0.05, 0) is 32.9 Å². The van der Waals surface area contributed by atoms with Crippen LogP contribution in [0.25, 0.3) is 11.0 Å². The number of nitrogens with one attached hydrogen (secondary N) is 1. The van der Waals surface area contributed by atoms with Crippen LogP contribution in [0.1, 0.15) is 35.5 Å². The smallest absolute Gasteiger partial charge is 0.337 e. The van der Waals surface area contributed by atoms with Crippen molar-refractivity contribution < 1.29 is 13.9 Å². The molecular formula is C19H21N3O4. The van der Waals surface area contributed by atoms with Crippen LogP contribution in [0, 0.1) is 6.92 Å². The lowest BCUT2D eigenvalue weighted by atomic mass is 10.1. The number of amides is 1. The number of hydrogen-bond donors (Lipinski definition) is 1. The zero-order valence-corrected chi connectivity index (χ0v) is 15.0. The Morgan fingerprint density at radius 2 is 2.12 bits per heavy atom. The van der Waals surface area contributed by atoms with Gasteiger partial charge in [-0.2, -0.15) is 5.10 Å². The molecule has 3 rings (SSSR count). The molecule has 2 heterocycles. The van der Waals surface area contributed by atoms with Crippen molar-refractivity contribution in [1.29, 1.82) is 0 Å². The van der Waals surface area contributed by atoms with E-state index in [-0.39, 0.29) is 11.5 Å². The fourth-order valence-corrected chi connectivity index (χ4v) is 2.84. The number of nitrogens with zero attached hydrogens (tertiary/aromatic N) is 2. The molecule has 0 atom stereocenters. The van der Waals surface area contributed by atoms with E-state index in [1.807, 2.05) is 25.5 Å². The SMILES string of the molecule is CCOc1ccc2c(C(=O)NCc3cnn(CC)c3C)cc(=O)oc2c1. The number of carbonyl (C=O) groups is 1. The first-order valence-electron chi connectivity index (χ1n) is 8.53. The van der Waals surface area contributed by atoms with E-state index >= 15 is 0 Å². The Morgan fingerprint density at radius 3 is 2.81 bits per heavy atom. The molecule has 7 heteroatoms. The van der Waals surface area contributed by atoms with Crippen LogP contribution >= 0.6 is 0 Å². The fraction of sp³-hybridized carbons (Fsp3) is 0.316. The molecule has 0 fully saturated rings. The Labute approximate surface area is 150 Å². The molecule has 1 aromatic carbocycles. The van der Waals surface area contributed by atoms with Crippen molar-refractivity contribution in [2.24, 2.45) is 0 Å². The number of benzene rings is 1. The fourth-order valence-electron chi connectivity index (χ4n) is 2.84. The van der Waals surface area contributed by atoms with E-state index in [1.54, 1.807) is 24.4 Å². The second-order valence-electron chi connectivity index (χ2n) is 5.82. The summed E-state index contributed by atoms with van der Waals surface area (Å²) in [6.07, 6.45) is 1.74. The highest BCUT2D eigenvalue weighted by Crippen LogP contribution is 2.23. The van der Waals surface area contributed by atoms with Gasteiger partial charge in [0.1, 0.15) is 11.3 Å². The molecule has 0 spiro atoms. The Bertz CT molecular complexity index is 1000. The van der Waals surface area contributed by atoms with E-state index in [2.05, 4.69) is 10.4 Å². The number of aromatic nitrogens is 2. The molecule has 0 bridgehead atoms. The lowest BCUT2D eigenvalue weighted by Crippen LogP contribution is -2.24. The summed E-state index contributed by atoms with van der Waals surface area (Å²) in [5.74, 6) is 0.249. The maximum absolute atomic E-state index is 12.6. The predicted molar refractivity (Wildman–Crippen MR) is 97.5 cm³/mol. The Hall–Kier alpha value is -3.09. The third kappa shape index (κ3) is 3.46. The van der Waals surface area contributed by atoms with Gasteiger partial charge in [-0.3, -0.25) is 9.48 Å². The van der Waals surface area contributed by atoms with Crippen LogP contribution in [0.3, 0.4) is 0 Å². The Kier molecular flexibility index (Phi) is 5.06. The number of fused-ring (bicyclic) bond motifs is 1. The molecule has 0 aliphatic rings. The summed E-state index contributed by atoms with van der Waals surface area (Å²) < 4.78 is 12.5. The van der Waals surface area contributed by atoms with Crippen LogP contribution in [0.5, 0.6) is 5.75 Å². The van der Waals surface area contributed by atoms with Crippen LogP contribution < -0.4 is 15.7 Å². The van der Waals surface area contributed by atoms with Crippen LogP contribution in [0.4, 0.5) is 0 Å². The summed E-state index contributed by atoms with van der Waals surface area (Å²) in [5.41, 5.74) is 1.97. The molecule has 0 aliphatic heterocycles. The molecule has 0 unspecified atom stereocenters. The quantitative estimate of drug-likeness (QED) is 0.687. The number of ether oxygens (including phenoxy) is 1. The van der Waals surface area contributed by atoms with Crippen molar-refractivity contribution in [2.75, 3.05) is 6.61 Å². The summed E-state index contributed by atoms with van der Waals surface area (Å²) in [7, 11) is 0. The molecule has 0 saturated heterocycles. The van der Waals surface area contributed by atoms with Crippen LogP contribution in [-0.2, 0) is 13.1 Å². The maximum Gasteiger partial charge on any atom is 0.337 e. The zero-order valence-electron chi connectivity index (χ0n) is 15.0. The van der Waals surface area contributed by atoms with Gasteiger partial charge in [0.2, 0.25) is 0 Å². The minimum Gasteiger partial charge on any atom is -0.494 e. The molecule has 136 valence electrons. The van der Waals surface area contributed by atoms with E-state index < -0.39 is 5.63 Å². The van der Waals surface area contributed by atoms with Crippen LogP contribution in [0.15, 0.2) is 39.7 Å². The molecule has 0 radical (unpaired) electrons. The molecule has 1 N–H and O–H groups in total. The van der Waals surface area contributed by atoms with Gasteiger partial charge in [0.15, 0.2) is 0 Å². The third-order valence-electron chi connectivity index (χ3n) is 4.22. The highest BCUT2D eigenvalue weighted by atomic mass is 16.5. The van der Waals surface area contributed by atoms with Crippen LogP contribution in [0.2, 0.25) is 0 Å². The number of carbonyl (C=O) groups excluding carboxylic acids is 1. The van der Waals surface area contributed by atoms with Gasteiger partial charge in [-0.25, -0.2) is 4.79 Å². The second kappa shape index (κ2) is 7.43. The molecule has 0 saturated carbocycles. The van der Waals surface area contributed by atoms with Gasteiger partial charge in [-0.15, -0.1) is 0 Å². The number of aryl methyl sites for hydroxylation is 1. The number of rotatable bonds is 6. The van der Waals surface area contributed by atoms with Gasteiger partial charge >= 0.3 is 5.63 Å². The van der Waals surface area contributed by atoms with Gasteiger partial charge in [-0.1, -0.05) is 0 Å². The van der Waals surface area contributed by atoms with Crippen molar-refractivity contribution in [3.8, 4) is 5.75 Å². The summed E-state index contributed by atoms with van der Waals surface area (Å²) in [5, 5.41) is 7.67. The average Bonchev–Trinajstić information content (AvgIpc) is 2.98. The van der Waals surface area contributed by atoms with Gasteiger partial charge in [0.05, 0.1) is 18.4 Å². The average molecular weight is 355 g/mol. The minimum absolute atomic E-state index is 0.278. The van der Waals surface area contributed by atoms with Gasteiger partial charge in [0.25, 0.3) is 5.91 Å². The molecule has 7 nitrogen and oxygen atoms in total. The standard InChI is InChI=1S/C19H21N3O4/c1-4-22-12(3)13(11-21-22)10-20-19(24)16-9-18(23)26-17-8-14(25-5-2)6-7-15(16)17/h6-9,11H,4-5,10H2,1-3H3,(H,20,24). The van der Waals surface area contributed by atoms with Gasteiger partial charge in [0, 0.05) is 41.9 Å². The van der Waals surface area contributed by atoms with Crippen LogP contribution in [-0.4, -0.2) is 22.3 Å². The summed E-state index contributed by atoms with van der Waals surface area (Å²) in [6.45, 7) is 7.44. The van der Waals surface area contributed by atoms with E-state index in [9.17, 15) is 9.59 Å². The Balaban J connectivity index is 1.87. The molecular weight excluding hydrogens is 334 g/mol. The number of hydrogen-bond acceptors (Lipinski definition) is 5. The highest BCUT2D eigenvalue weighted by molar-refractivity contribution is 6.05. The normalized spacial score (nSPS) is 10.9. The minimum atomic E-state index is -0.578. The van der Waals surface area contributed by atoms with E-state index in [4.69, 9.17) is 9.15 Å². The molecule has 26 heavy (non-hydrogen) atoms. The predicted octanol–water partition coefficient (Wildman–Crippen LogP) is 2.65. The monoisotopic (exact) mass is 355 g/mol.